The van der Waals surface area contributed by atoms with E-state index in [-0.39, 0.29) is 0 Å². The number of hydrogen-bond acceptors (Lipinski definition) is 0. The van der Waals surface area contributed by atoms with Gasteiger partial charge >= 0.3 is 73.1 Å². The fraction of sp³-hybridized carbons (Fsp3) is 1.00. The number of hydrogen-bond donors (Lipinski definition) is 0. The Bertz CT molecular complexity index is 65.7. The van der Waals surface area contributed by atoms with Crippen molar-refractivity contribution in [2.75, 3.05) is 0 Å². The average molecular weight is 248 g/mol. The van der Waals surface area contributed by atoms with Crippen molar-refractivity contribution in [2.24, 2.45) is 0 Å². The van der Waals surface area contributed by atoms with Crippen molar-refractivity contribution in [1.29, 1.82) is 0 Å². The van der Waals surface area contributed by atoms with Crippen LogP contribution in [0.25, 0.3) is 0 Å². The third-order valence-electron chi connectivity index (χ3n) is 2.00. The summed E-state index contributed by atoms with van der Waals surface area (Å²) >= 11 is -1.01. The van der Waals surface area contributed by atoms with Crippen molar-refractivity contribution in [3.05, 3.63) is 0 Å². The maximum absolute atomic E-state index is 2.41. The van der Waals surface area contributed by atoms with Crippen LogP contribution in [0.4, 0.5) is 0 Å². The summed E-state index contributed by atoms with van der Waals surface area (Å²) in [5.41, 5.74) is 0. The summed E-state index contributed by atoms with van der Waals surface area (Å²) in [4.78, 5) is 0. The Hall–Kier alpha value is 0.799. The molecule has 10 heavy (non-hydrogen) atoms. The van der Waals surface area contributed by atoms with Gasteiger partial charge in [-0.3, -0.25) is 0 Å². The third kappa shape index (κ3) is 3.27. The second-order valence-electron chi connectivity index (χ2n) is 3.96. The van der Waals surface area contributed by atoms with Crippen LogP contribution in [0.1, 0.15) is 41.5 Å². The zero-order chi connectivity index (χ0) is 8.31. The standard InChI is InChI=1S/3C3H7.Sn/c3*1-3-2;/h3*3H,1-2H3;. The van der Waals surface area contributed by atoms with Gasteiger partial charge in [0.15, 0.2) is 0 Å². The Kier molecular flexibility index (Phi) is 5.00. The molecule has 0 bridgehead atoms. The molecule has 0 heterocycles. The van der Waals surface area contributed by atoms with Gasteiger partial charge in [-0.25, -0.2) is 0 Å². The summed E-state index contributed by atoms with van der Waals surface area (Å²) in [6.07, 6.45) is 0. The predicted octanol–water partition coefficient (Wildman–Crippen LogP) is 3.71. The van der Waals surface area contributed by atoms with Crippen LogP contribution in [-0.2, 0) is 0 Å². The van der Waals surface area contributed by atoms with E-state index in [4.69, 9.17) is 0 Å². The fourth-order valence-electron chi connectivity index (χ4n) is 2.00. The second kappa shape index (κ2) is 4.63. The zero-order valence-electron chi connectivity index (χ0n) is 8.23. The Morgan fingerprint density at radius 3 is 0.800 bits per heavy atom. The van der Waals surface area contributed by atoms with Crippen molar-refractivity contribution < 1.29 is 0 Å². The van der Waals surface area contributed by atoms with E-state index in [0.29, 0.717) is 0 Å². The molecule has 0 saturated carbocycles. The minimum atomic E-state index is -1.01. The summed E-state index contributed by atoms with van der Waals surface area (Å²) in [6, 6.07) is 0. The molecular formula is C9H21Sn. The molecule has 0 aliphatic heterocycles. The Morgan fingerprint density at radius 2 is 0.800 bits per heavy atom. The molecular weight excluding hydrogens is 227 g/mol. The molecule has 1 radical (unpaired) electrons. The molecule has 0 N–H and O–H groups in total. The van der Waals surface area contributed by atoms with Gasteiger partial charge in [0.05, 0.1) is 0 Å². The molecule has 0 nitrogen and oxygen atoms in total. The molecule has 0 spiro atoms. The van der Waals surface area contributed by atoms with Gasteiger partial charge < -0.3 is 0 Å². The molecule has 0 aromatic carbocycles. The van der Waals surface area contributed by atoms with E-state index in [1.807, 2.05) is 0 Å². The molecule has 0 fully saturated rings. The molecule has 0 atom stereocenters. The molecule has 0 rings (SSSR count). The molecule has 0 aromatic rings. The monoisotopic (exact) mass is 249 g/mol. The Morgan fingerprint density at radius 1 is 0.600 bits per heavy atom. The first-order chi connectivity index (χ1) is 4.46. The normalized spacial score (nSPS) is 12.6. The van der Waals surface area contributed by atoms with Crippen molar-refractivity contribution in [2.45, 2.75) is 53.3 Å². The van der Waals surface area contributed by atoms with Crippen LogP contribution < -0.4 is 0 Å². The molecule has 0 aliphatic carbocycles. The Labute approximate surface area is 73.1 Å². The fourth-order valence-corrected chi connectivity index (χ4v) is 13.4. The van der Waals surface area contributed by atoms with Crippen LogP contribution in [-0.4, -0.2) is 19.8 Å². The molecule has 0 saturated heterocycles. The molecule has 0 aromatic heterocycles. The van der Waals surface area contributed by atoms with E-state index in [9.17, 15) is 0 Å². The van der Waals surface area contributed by atoms with Crippen molar-refractivity contribution in [1.82, 2.24) is 0 Å². The zero-order valence-corrected chi connectivity index (χ0v) is 11.1. The van der Waals surface area contributed by atoms with Gasteiger partial charge in [-0.2, -0.15) is 0 Å². The summed E-state index contributed by atoms with van der Waals surface area (Å²) in [5.74, 6) is 0. The molecule has 1 heteroatoms. The van der Waals surface area contributed by atoms with E-state index in [1.165, 1.54) is 0 Å². The van der Waals surface area contributed by atoms with Crippen LogP contribution in [0.2, 0.25) is 11.8 Å². The molecule has 0 unspecified atom stereocenters. The van der Waals surface area contributed by atoms with Crippen molar-refractivity contribution in [3.8, 4) is 0 Å². The van der Waals surface area contributed by atoms with Gasteiger partial charge in [-0.15, -0.1) is 0 Å². The van der Waals surface area contributed by atoms with Crippen LogP contribution in [0.15, 0.2) is 0 Å². The SMILES string of the molecule is C[CH](C)[Sn]([CH](C)C)[CH](C)C. The van der Waals surface area contributed by atoms with E-state index in [2.05, 4.69) is 41.5 Å². The molecule has 61 valence electrons. The first kappa shape index (κ1) is 10.8. The first-order valence-electron chi connectivity index (χ1n) is 4.33. The van der Waals surface area contributed by atoms with Crippen LogP contribution in [0, 0.1) is 0 Å². The van der Waals surface area contributed by atoms with Crippen molar-refractivity contribution in [3.63, 3.8) is 0 Å². The summed E-state index contributed by atoms with van der Waals surface area (Å²) in [7, 11) is 0. The van der Waals surface area contributed by atoms with Crippen LogP contribution in [0.5, 0.6) is 0 Å². The van der Waals surface area contributed by atoms with Gasteiger partial charge in [0.1, 0.15) is 0 Å². The summed E-state index contributed by atoms with van der Waals surface area (Å²) in [5, 5.41) is 0. The quantitative estimate of drug-likeness (QED) is 0.668. The second-order valence-corrected chi connectivity index (χ2v) is 16.7. The van der Waals surface area contributed by atoms with Gasteiger partial charge in [0, 0.05) is 0 Å². The Balaban J connectivity index is 3.98. The van der Waals surface area contributed by atoms with Crippen molar-refractivity contribution >= 4 is 19.8 Å². The van der Waals surface area contributed by atoms with Gasteiger partial charge in [-0.1, -0.05) is 0 Å². The van der Waals surface area contributed by atoms with E-state index in [1.54, 1.807) is 0 Å². The first-order valence-corrected chi connectivity index (χ1v) is 9.27. The molecule has 0 amide bonds. The summed E-state index contributed by atoms with van der Waals surface area (Å²) in [6.45, 7) is 14.5. The van der Waals surface area contributed by atoms with Crippen LogP contribution in [0.3, 0.4) is 0 Å². The topological polar surface area (TPSA) is 0 Å². The summed E-state index contributed by atoms with van der Waals surface area (Å²) < 4.78 is 3.09. The van der Waals surface area contributed by atoms with Gasteiger partial charge in [0.25, 0.3) is 0 Å². The predicted molar refractivity (Wildman–Crippen MR) is 51.0 cm³/mol. The maximum atomic E-state index is 2.41. The van der Waals surface area contributed by atoms with E-state index < -0.39 is 19.8 Å². The minimum absolute atomic E-state index is 1.01. The van der Waals surface area contributed by atoms with Crippen LogP contribution >= 0.6 is 0 Å². The average Bonchev–Trinajstić information content (AvgIpc) is 1.59. The van der Waals surface area contributed by atoms with E-state index >= 15 is 0 Å². The van der Waals surface area contributed by atoms with Gasteiger partial charge in [0.2, 0.25) is 0 Å². The number of rotatable bonds is 3. The molecule has 0 aliphatic rings. The van der Waals surface area contributed by atoms with Gasteiger partial charge in [-0.05, 0) is 0 Å². The van der Waals surface area contributed by atoms with E-state index in [0.717, 1.165) is 11.8 Å². The third-order valence-corrected chi connectivity index (χ3v) is 13.4.